The minimum Gasteiger partial charge on any atom is -0.458 e. The molecule has 6 unspecified atom stereocenters. The normalized spacial score (nSPS) is 38.0. The van der Waals surface area contributed by atoms with Gasteiger partial charge in [0.2, 0.25) is 0 Å². The van der Waals surface area contributed by atoms with Gasteiger partial charge in [-0.3, -0.25) is 0 Å². The van der Waals surface area contributed by atoms with Gasteiger partial charge in [0.1, 0.15) is 12.2 Å². The van der Waals surface area contributed by atoms with Crippen molar-refractivity contribution in [1.29, 1.82) is 0 Å². The van der Waals surface area contributed by atoms with Crippen LogP contribution in [0.2, 0.25) is 0 Å². The summed E-state index contributed by atoms with van der Waals surface area (Å²) in [6.45, 7) is 10.1. The third-order valence-electron chi connectivity index (χ3n) is 5.41. The van der Waals surface area contributed by atoms with E-state index in [0.717, 1.165) is 0 Å². The third kappa shape index (κ3) is 4.48. The molecule has 2 aliphatic rings. The molecule has 0 aromatic heterocycles. The van der Waals surface area contributed by atoms with Gasteiger partial charge in [-0.05, 0) is 39.3 Å². The number of ether oxygens (including phenoxy) is 2. The Morgan fingerprint density at radius 2 is 2.07 bits per heavy atom. The Bertz CT molecular complexity index is 688. The molecule has 1 aliphatic heterocycles. The number of hydrogen-bond donors (Lipinski definition) is 3. The molecular weight excluding hydrogens is 352 g/mol. The van der Waals surface area contributed by atoms with Crippen molar-refractivity contribution in [3.63, 3.8) is 0 Å². The van der Waals surface area contributed by atoms with E-state index in [-0.39, 0.29) is 18.4 Å². The lowest BCUT2D eigenvalue weighted by molar-refractivity contribution is -0.156. The highest BCUT2D eigenvalue weighted by Gasteiger charge is 2.48. The summed E-state index contributed by atoms with van der Waals surface area (Å²) in [5.41, 5.74) is -0.676. The lowest BCUT2D eigenvalue weighted by atomic mass is 9.79. The Morgan fingerprint density at radius 3 is 2.67 bits per heavy atom. The first-order chi connectivity index (χ1) is 12.5. The molecule has 0 bridgehead atoms. The van der Waals surface area contributed by atoms with Gasteiger partial charge in [-0.25, -0.2) is 9.59 Å². The van der Waals surface area contributed by atoms with Crippen LogP contribution in [0.5, 0.6) is 0 Å². The second-order valence-corrected chi connectivity index (χ2v) is 7.58. The average Bonchev–Trinajstić information content (AvgIpc) is 2.86. The molecule has 1 heterocycles. The first-order valence-corrected chi connectivity index (χ1v) is 8.98. The molecule has 1 aliphatic carbocycles. The van der Waals surface area contributed by atoms with E-state index < -0.39 is 47.9 Å². The van der Waals surface area contributed by atoms with Crippen LogP contribution in [0, 0.1) is 5.92 Å². The van der Waals surface area contributed by atoms with Gasteiger partial charge in [-0.15, -0.1) is 0 Å². The number of allylic oxidation sites excluding steroid dienone is 1. The minimum atomic E-state index is -1.66. The topological polar surface area (TPSA) is 113 Å². The van der Waals surface area contributed by atoms with E-state index in [1.54, 1.807) is 32.9 Å². The molecule has 0 aromatic carbocycles. The van der Waals surface area contributed by atoms with E-state index in [4.69, 9.17) is 9.47 Å². The van der Waals surface area contributed by atoms with E-state index in [1.165, 1.54) is 6.92 Å². The fourth-order valence-corrected chi connectivity index (χ4v) is 3.34. The monoisotopic (exact) mass is 380 g/mol. The van der Waals surface area contributed by atoms with Crippen LogP contribution in [0.3, 0.4) is 0 Å². The number of carbonyl (C=O) groups is 2. The van der Waals surface area contributed by atoms with E-state index in [1.807, 2.05) is 0 Å². The van der Waals surface area contributed by atoms with E-state index in [2.05, 4.69) is 6.58 Å². The summed E-state index contributed by atoms with van der Waals surface area (Å²) >= 11 is 0. The second-order valence-electron chi connectivity index (χ2n) is 7.58. The summed E-state index contributed by atoms with van der Waals surface area (Å²) in [5, 5.41) is 31.5. The summed E-state index contributed by atoms with van der Waals surface area (Å²) in [5.74, 6) is -1.94. The molecule has 27 heavy (non-hydrogen) atoms. The Balaban J connectivity index is 2.50. The Morgan fingerprint density at radius 1 is 1.44 bits per heavy atom. The third-order valence-corrected chi connectivity index (χ3v) is 5.41. The van der Waals surface area contributed by atoms with Crippen LogP contribution in [0.25, 0.3) is 0 Å². The zero-order valence-corrected chi connectivity index (χ0v) is 16.1. The first-order valence-electron chi connectivity index (χ1n) is 8.98. The van der Waals surface area contributed by atoms with Crippen molar-refractivity contribution in [2.75, 3.05) is 0 Å². The lowest BCUT2D eigenvalue weighted by Crippen LogP contribution is -2.48. The predicted molar refractivity (Wildman–Crippen MR) is 97.4 cm³/mol. The molecule has 0 aromatic rings. The maximum Gasteiger partial charge on any atom is 0.334 e. The summed E-state index contributed by atoms with van der Waals surface area (Å²) in [6, 6.07) is 0. The van der Waals surface area contributed by atoms with Crippen LogP contribution in [0.15, 0.2) is 35.5 Å². The Hall–Kier alpha value is -1.96. The van der Waals surface area contributed by atoms with Crippen LogP contribution < -0.4 is 0 Å². The zero-order chi connectivity index (χ0) is 20.5. The maximum atomic E-state index is 12.3. The highest BCUT2D eigenvalue weighted by molar-refractivity contribution is 5.92. The van der Waals surface area contributed by atoms with E-state index in [0.29, 0.717) is 11.1 Å². The van der Waals surface area contributed by atoms with Crippen molar-refractivity contribution in [3.8, 4) is 0 Å². The van der Waals surface area contributed by atoms with Crippen molar-refractivity contribution < 1.29 is 34.4 Å². The molecule has 0 saturated carbocycles. The number of esters is 2. The predicted octanol–water partition coefficient (Wildman–Crippen LogP) is 1.18. The van der Waals surface area contributed by atoms with Gasteiger partial charge in [0.25, 0.3) is 0 Å². The highest BCUT2D eigenvalue weighted by atomic mass is 16.6. The number of aliphatic hydroxyl groups excluding tert-OH is 2. The number of aliphatic hydroxyl groups is 3. The molecule has 0 amide bonds. The number of rotatable bonds is 2. The average molecular weight is 380 g/mol. The van der Waals surface area contributed by atoms with Crippen LogP contribution in [0.1, 0.15) is 40.5 Å². The molecule has 0 spiro atoms. The fraction of sp³-hybridized carbons (Fsp3) is 0.600. The van der Waals surface area contributed by atoms with Crippen LogP contribution in [0.4, 0.5) is 0 Å². The molecule has 7 heteroatoms. The summed E-state index contributed by atoms with van der Waals surface area (Å²) in [7, 11) is 0. The smallest absolute Gasteiger partial charge is 0.334 e. The van der Waals surface area contributed by atoms with Gasteiger partial charge < -0.3 is 24.8 Å². The fourth-order valence-electron chi connectivity index (χ4n) is 3.34. The second kappa shape index (κ2) is 7.96. The van der Waals surface area contributed by atoms with E-state index in [9.17, 15) is 24.9 Å². The molecule has 150 valence electrons. The van der Waals surface area contributed by atoms with Crippen molar-refractivity contribution in [2.45, 2.75) is 70.6 Å². The van der Waals surface area contributed by atoms with Gasteiger partial charge in [0.15, 0.2) is 0 Å². The van der Waals surface area contributed by atoms with Crippen molar-refractivity contribution in [1.82, 2.24) is 0 Å². The largest absolute Gasteiger partial charge is 0.458 e. The van der Waals surface area contributed by atoms with Crippen LogP contribution in [-0.2, 0) is 19.1 Å². The molecule has 7 nitrogen and oxygen atoms in total. The Kier molecular flexibility index (Phi) is 6.29. The Labute approximate surface area is 159 Å². The molecule has 1 saturated heterocycles. The number of fused-ring (bicyclic) bond motifs is 1. The standard InChI is InChI=1S/C20H28O7/c1-6-10(2)18(23)27-15-9-20(5,25)16(22)8-13(21)11(3)7-14-17(15)12(4)19(24)26-14/h6-7,13-17,21-22,25H,4,8-9H2,1-3,5H3/b10-6+,11-7?. The molecule has 6 atom stereocenters. The van der Waals surface area contributed by atoms with Crippen LogP contribution in [-0.4, -0.2) is 57.3 Å². The van der Waals surface area contributed by atoms with Crippen molar-refractivity contribution in [3.05, 3.63) is 35.5 Å². The number of carbonyl (C=O) groups excluding carboxylic acids is 2. The quantitative estimate of drug-likeness (QED) is 0.374. The van der Waals surface area contributed by atoms with Gasteiger partial charge in [-0.2, -0.15) is 0 Å². The van der Waals surface area contributed by atoms with Gasteiger partial charge in [-0.1, -0.05) is 12.7 Å². The SMILES string of the molecule is C=C1C(=O)OC2C=C(C)C(O)CC(O)C(C)(O)CC(OC(=O)/C(C)=C/C)C12. The minimum absolute atomic E-state index is 0.101. The van der Waals surface area contributed by atoms with Gasteiger partial charge >= 0.3 is 11.9 Å². The molecule has 3 N–H and O–H groups in total. The molecule has 1 fully saturated rings. The molecular formula is C20H28O7. The maximum absolute atomic E-state index is 12.3. The van der Waals surface area contributed by atoms with Gasteiger partial charge in [0.05, 0.1) is 23.7 Å². The number of hydrogen-bond acceptors (Lipinski definition) is 7. The lowest BCUT2D eigenvalue weighted by Gasteiger charge is -2.37. The van der Waals surface area contributed by atoms with Crippen molar-refractivity contribution in [2.24, 2.45) is 5.92 Å². The zero-order valence-electron chi connectivity index (χ0n) is 16.1. The summed E-state index contributed by atoms with van der Waals surface area (Å²) in [6.07, 6.45) is -1.06. The summed E-state index contributed by atoms with van der Waals surface area (Å²) < 4.78 is 10.9. The summed E-state index contributed by atoms with van der Waals surface area (Å²) in [4.78, 5) is 24.4. The van der Waals surface area contributed by atoms with Crippen molar-refractivity contribution >= 4 is 11.9 Å². The highest BCUT2D eigenvalue weighted by Crippen LogP contribution is 2.38. The molecule has 2 rings (SSSR count). The van der Waals surface area contributed by atoms with Gasteiger partial charge in [0, 0.05) is 24.0 Å². The van der Waals surface area contributed by atoms with Crippen LogP contribution >= 0.6 is 0 Å². The van der Waals surface area contributed by atoms with E-state index >= 15 is 0 Å². The molecule has 0 radical (unpaired) electrons. The first kappa shape index (κ1) is 21.3.